The van der Waals surface area contributed by atoms with Crippen LogP contribution in [0.2, 0.25) is 5.04 Å². The number of nitrogens with zero attached hydrogens (tertiary/aromatic N) is 2. The smallest absolute Gasteiger partial charge is 0.309 e. The van der Waals surface area contributed by atoms with Crippen LogP contribution in [-0.4, -0.2) is 42.2 Å². The Morgan fingerprint density at radius 3 is 2.26 bits per heavy atom. The lowest BCUT2D eigenvalue weighted by molar-refractivity contribution is -0.154. The van der Waals surface area contributed by atoms with Gasteiger partial charge in [0.1, 0.15) is 5.82 Å². The van der Waals surface area contributed by atoms with Gasteiger partial charge in [0.05, 0.1) is 39.7 Å². The summed E-state index contributed by atoms with van der Waals surface area (Å²) in [7, 11) is 0.553. The molecule has 2 unspecified atom stereocenters. The monoisotopic (exact) mass is 537 g/mol. The third-order valence-corrected chi connectivity index (χ3v) is 10.0. The van der Waals surface area contributed by atoms with Crippen LogP contribution in [0, 0.1) is 17.7 Å². The number of esters is 1. The van der Waals surface area contributed by atoms with E-state index in [0.29, 0.717) is 15.9 Å². The van der Waals surface area contributed by atoms with Crippen molar-refractivity contribution in [3.8, 4) is 5.69 Å². The summed E-state index contributed by atoms with van der Waals surface area (Å²) in [5.74, 6) is -0.703. The Morgan fingerprint density at radius 1 is 1.11 bits per heavy atom. The molecular weight excluding hydrogens is 497 g/mol. The molecule has 2 aromatic carbocycles. The number of carbonyl (C=O) groups is 1. The van der Waals surface area contributed by atoms with Gasteiger partial charge in [-0.25, -0.2) is 4.39 Å². The topological polar surface area (TPSA) is 80.1 Å². The van der Waals surface area contributed by atoms with Crippen LogP contribution in [0.15, 0.2) is 42.6 Å². The molecule has 6 nitrogen and oxygen atoms in total. The lowest BCUT2D eigenvalue weighted by Gasteiger charge is -2.43. The molecule has 0 spiro atoms. The number of nitrogens with one attached hydrogen (secondary N) is 1. The van der Waals surface area contributed by atoms with Gasteiger partial charge in [0.25, 0.3) is 0 Å². The molecule has 2 atom stereocenters. The Balaban J connectivity index is 2.20. The van der Waals surface area contributed by atoms with Gasteiger partial charge in [-0.15, -0.1) is 0 Å². The molecule has 0 amide bonds. The summed E-state index contributed by atoms with van der Waals surface area (Å²) in [6.07, 6.45) is 1.55. The number of ether oxygens (including phenoxy) is 1. The Hall–Kier alpha value is -2.97. The normalized spacial score (nSPS) is 15.2. The lowest BCUT2D eigenvalue weighted by Crippen LogP contribution is -2.41. The summed E-state index contributed by atoms with van der Waals surface area (Å²) < 4.78 is 21.9. The van der Waals surface area contributed by atoms with Crippen molar-refractivity contribution >= 4 is 38.0 Å². The second-order valence-electron chi connectivity index (χ2n) is 12.1. The number of H-pyrrole nitrogens is 1. The zero-order valence-corrected chi connectivity index (χ0v) is 25.9. The molecule has 0 fully saturated rings. The van der Waals surface area contributed by atoms with E-state index in [0.717, 1.165) is 33.1 Å². The molecule has 0 bridgehead atoms. The highest BCUT2D eigenvalue weighted by molar-refractivity contribution is 6.28. The van der Waals surface area contributed by atoms with Gasteiger partial charge in [-0.2, -0.15) is 5.10 Å². The standard InChI is InChI=1S/C30H40FN3O3Si/c1-16(2)26(30(38,17(3)4)28(35)37-18(5)6)25-22-13-19-15-32-33-23(19)14-24(22)34(27(25)29(7,8)36)21-11-9-20(31)10-12-21/h9-18,26,36H,1-8,38H3,(H,32,33). The molecule has 0 aliphatic carbocycles. The van der Waals surface area contributed by atoms with Gasteiger partial charge >= 0.3 is 5.97 Å². The largest absolute Gasteiger partial charge is 0.463 e. The molecule has 204 valence electrons. The van der Waals surface area contributed by atoms with E-state index in [2.05, 4.69) is 44.0 Å². The highest BCUT2D eigenvalue weighted by Crippen LogP contribution is 2.55. The minimum atomic E-state index is -1.27. The summed E-state index contributed by atoms with van der Waals surface area (Å²) in [6, 6.07) is 10.4. The van der Waals surface area contributed by atoms with Crippen molar-refractivity contribution in [2.24, 2.45) is 11.8 Å². The van der Waals surface area contributed by atoms with Crippen LogP contribution >= 0.6 is 0 Å². The third-order valence-electron chi connectivity index (χ3n) is 7.84. The number of fused-ring (bicyclic) bond motifs is 2. The molecule has 0 aliphatic rings. The number of hydrogen-bond acceptors (Lipinski definition) is 4. The first-order valence-corrected chi connectivity index (χ1v) is 14.4. The van der Waals surface area contributed by atoms with Crippen LogP contribution in [0.3, 0.4) is 0 Å². The van der Waals surface area contributed by atoms with Gasteiger partial charge in [-0.1, -0.05) is 27.7 Å². The minimum Gasteiger partial charge on any atom is -0.463 e. The molecule has 2 N–H and O–H groups in total. The van der Waals surface area contributed by atoms with Crippen molar-refractivity contribution in [2.75, 3.05) is 0 Å². The molecule has 0 saturated carbocycles. The molecule has 0 saturated heterocycles. The summed E-state index contributed by atoms with van der Waals surface area (Å²) in [6.45, 7) is 15.7. The maximum Gasteiger partial charge on any atom is 0.309 e. The maximum absolute atomic E-state index is 14.0. The average molecular weight is 538 g/mol. The van der Waals surface area contributed by atoms with Crippen LogP contribution in [0.4, 0.5) is 4.39 Å². The molecule has 0 aliphatic heterocycles. The van der Waals surface area contributed by atoms with E-state index in [1.807, 2.05) is 24.5 Å². The van der Waals surface area contributed by atoms with Gasteiger partial charge in [0.15, 0.2) is 0 Å². The highest BCUT2D eigenvalue weighted by Gasteiger charge is 2.50. The van der Waals surface area contributed by atoms with Crippen molar-refractivity contribution < 1.29 is 19.0 Å². The van der Waals surface area contributed by atoms with Gasteiger partial charge in [-0.05, 0) is 81.5 Å². The number of aliphatic hydroxyl groups is 1. The van der Waals surface area contributed by atoms with E-state index in [9.17, 15) is 14.3 Å². The number of halogens is 1. The molecule has 4 rings (SSSR count). The van der Waals surface area contributed by atoms with E-state index in [-0.39, 0.29) is 35.6 Å². The maximum atomic E-state index is 14.0. The van der Waals surface area contributed by atoms with E-state index in [1.165, 1.54) is 12.1 Å². The van der Waals surface area contributed by atoms with Crippen molar-refractivity contribution in [1.29, 1.82) is 0 Å². The molecule has 0 radical (unpaired) electrons. The fraction of sp³-hybridized carbons (Fsp3) is 0.467. The quantitative estimate of drug-likeness (QED) is 0.222. The number of aromatic amines is 1. The van der Waals surface area contributed by atoms with Crippen molar-refractivity contribution in [3.05, 3.63) is 59.7 Å². The van der Waals surface area contributed by atoms with E-state index in [1.54, 1.807) is 32.2 Å². The number of carbonyl (C=O) groups excluding carboxylic acids is 1. The third kappa shape index (κ3) is 4.69. The van der Waals surface area contributed by atoms with Crippen molar-refractivity contribution in [2.45, 2.75) is 78.1 Å². The predicted molar refractivity (Wildman–Crippen MR) is 154 cm³/mol. The van der Waals surface area contributed by atoms with Gasteiger partial charge in [0.2, 0.25) is 0 Å². The highest BCUT2D eigenvalue weighted by atomic mass is 28.1. The van der Waals surface area contributed by atoms with Gasteiger partial charge < -0.3 is 14.4 Å². The molecular formula is C30H40FN3O3Si. The van der Waals surface area contributed by atoms with E-state index in [4.69, 9.17) is 4.74 Å². The minimum absolute atomic E-state index is 0.00403. The van der Waals surface area contributed by atoms with E-state index < -0.39 is 10.6 Å². The van der Waals surface area contributed by atoms with Crippen molar-refractivity contribution in [1.82, 2.24) is 14.8 Å². The molecule has 2 aromatic heterocycles. The fourth-order valence-electron chi connectivity index (χ4n) is 5.91. The lowest BCUT2D eigenvalue weighted by atomic mass is 9.70. The Bertz CT molecular complexity index is 1460. The SMILES string of the molecule is CC(C)OC(=O)C([SiH3])(C(C)C)C(c1c(C(C)(C)O)n(-c2ccc(F)cc2)c2cc3[nH]ncc3cc12)C(C)C. The first-order valence-electron chi connectivity index (χ1n) is 13.4. The van der Waals surface area contributed by atoms with Crippen LogP contribution in [-0.2, 0) is 15.1 Å². The van der Waals surface area contributed by atoms with Crippen LogP contribution < -0.4 is 0 Å². The Morgan fingerprint density at radius 2 is 1.74 bits per heavy atom. The van der Waals surface area contributed by atoms with E-state index >= 15 is 0 Å². The predicted octanol–water partition coefficient (Wildman–Crippen LogP) is 5.74. The first-order chi connectivity index (χ1) is 17.7. The number of aromatic nitrogens is 3. The number of benzene rings is 2. The second kappa shape index (κ2) is 9.97. The Labute approximate surface area is 227 Å². The molecule has 2 heterocycles. The van der Waals surface area contributed by atoms with Gasteiger partial charge in [-0.3, -0.25) is 9.89 Å². The second-order valence-corrected chi connectivity index (χ2v) is 13.7. The number of hydrogen-bond donors (Lipinski definition) is 2. The Kier molecular flexibility index (Phi) is 7.36. The zero-order chi connectivity index (χ0) is 28.2. The van der Waals surface area contributed by atoms with Crippen LogP contribution in [0.25, 0.3) is 27.5 Å². The zero-order valence-electron chi connectivity index (χ0n) is 23.9. The summed E-state index contributed by atoms with van der Waals surface area (Å²) in [5.41, 5.74) is 2.79. The average Bonchev–Trinajstić information content (AvgIpc) is 3.39. The number of rotatable bonds is 8. The summed E-state index contributed by atoms with van der Waals surface area (Å²) in [4.78, 5) is 13.9. The van der Waals surface area contributed by atoms with Gasteiger partial charge in [0, 0.05) is 32.6 Å². The fourth-order valence-corrected chi connectivity index (χ4v) is 6.99. The first kappa shape index (κ1) is 28.0. The van der Waals surface area contributed by atoms with Crippen LogP contribution in [0.5, 0.6) is 0 Å². The molecule has 8 heteroatoms. The summed E-state index contributed by atoms with van der Waals surface area (Å²) >= 11 is 0. The molecule has 38 heavy (non-hydrogen) atoms. The van der Waals surface area contributed by atoms with Crippen molar-refractivity contribution in [3.63, 3.8) is 0 Å². The van der Waals surface area contributed by atoms with Crippen LogP contribution in [0.1, 0.15) is 72.6 Å². The summed E-state index contributed by atoms with van der Waals surface area (Å²) in [5, 5.41) is 20.2. The molecule has 4 aromatic rings.